The quantitative estimate of drug-likeness (QED) is 0.201. The van der Waals surface area contributed by atoms with E-state index in [1.807, 2.05) is 36.0 Å². The number of hydrogen-bond acceptors (Lipinski definition) is 4. The number of methoxy groups -OCH3 is 1. The highest BCUT2D eigenvalue weighted by Crippen LogP contribution is 2.25. The Morgan fingerprint density at radius 2 is 1.55 bits per heavy atom. The number of rotatable bonds is 13. The summed E-state index contributed by atoms with van der Waals surface area (Å²) in [6, 6.07) is 24.8. The van der Waals surface area contributed by atoms with E-state index in [0.29, 0.717) is 0 Å². The molecule has 0 heterocycles. The summed E-state index contributed by atoms with van der Waals surface area (Å²) >= 11 is 3.39. The maximum Gasteiger partial charge on any atom is 0.261 e. The summed E-state index contributed by atoms with van der Waals surface area (Å²) in [6.07, 6.45) is 4.89. The second kappa shape index (κ2) is 14.0. The minimum Gasteiger partial charge on any atom is -0.497 e. The molecule has 0 aromatic heterocycles. The van der Waals surface area contributed by atoms with Crippen molar-refractivity contribution in [2.24, 2.45) is 0 Å². The maximum absolute atomic E-state index is 12.3. The first-order chi connectivity index (χ1) is 16.2. The van der Waals surface area contributed by atoms with E-state index in [-0.39, 0.29) is 5.91 Å². The monoisotopic (exact) mass is 479 g/mol. The number of nitrogens with one attached hydrogen (secondary N) is 1. The molecule has 0 aliphatic rings. The van der Waals surface area contributed by atoms with Gasteiger partial charge in [-0.2, -0.15) is 11.8 Å². The lowest BCUT2D eigenvalue weighted by Crippen LogP contribution is -2.16. The zero-order chi connectivity index (χ0) is 23.3. The van der Waals surface area contributed by atoms with Crippen molar-refractivity contribution < 1.29 is 9.53 Å². The van der Waals surface area contributed by atoms with Gasteiger partial charge in [-0.1, -0.05) is 86.7 Å². The Morgan fingerprint density at radius 3 is 2.21 bits per heavy atom. The molecule has 3 aromatic rings. The summed E-state index contributed by atoms with van der Waals surface area (Å²) in [4.78, 5) is 12.3. The summed E-state index contributed by atoms with van der Waals surface area (Å²) in [7, 11) is 1.69. The van der Waals surface area contributed by atoms with Gasteiger partial charge in [-0.05, 0) is 52.9 Å². The Morgan fingerprint density at radius 1 is 0.848 bits per heavy atom. The van der Waals surface area contributed by atoms with Gasteiger partial charge < -0.3 is 4.74 Å². The number of ether oxygens (including phenoxy) is 1. The predicted molar refractivity (Wildman–Crippen MR) is 144 cm³/mol. The molecule has 1 amide bonds. The van der Waals surface area contributed by atoms with Gasteiger partial charge in [-0.15, -0.1) is 0 Å². The van der Waals surface area contributed by atoms with Gasteiger partial charge in [0.05, 0.1) is 7.11 Å². The summed E-state index contributed by atoms with van der Waals surface area (Å²) in [5.74, 6) is 3.71. The van der Waals surface area contributed by atoms with Crippen molar-refractivity contribution >= 4 is 29.6 Å². The highest BCUT2D eigenvalue weighted by Gasteiger charge is 2.06. The van der Waals surface area contributed by atoms with Crippen molar-refractivity contribution in [3.8, 4) is 16.9 Å². The van der Waals surface area contributed by atoms with Crippen LogP contribution in [0.4, 0.5) is 0 Å². The summed E-state index contributed by atoms with van der Waals surface area (Å²) in [5.41, 5.74) is 5.61. The van der Waals surface area contributed by atoms with Crippen molar-refractivity contribution in [3.63, 3.8) is 0 Å². The largest absolute Gasteiger partial charge is 0.497 e. The summed E-state index contributed by atoms with van der Waals surface area (Å²) < 4.78 is 8.27. The standard InChI is InChI=1S/C28H33NO2S2/c1-3-4-5-6-18-33-29-28(30)25-16-12-23(13-17-25)21-32-20-22-10-14-24(15-11-22)26-8-7-9-27(19-26)31-2/h7-17,19H,3-6,18,20-21H2,1-2H3,(H,29,30). The van der Waals surface area contributed by atoms with Crippen LogP contribution in [0, 0.1) is 0 Å². The fourth-order valence-corrected chi connectivity index (χ4v) is 5.07. The van der Waals surface area contributed by atoms with Crippen LogP contribution in [-0.4, -0.2) is 18.8 Å². The van der Waals surface area contributed by atoms with Crippen LogP contribution in [0.2, 0.25) is 0 Å². The molecule has 174 valence electrons. The molecule has 0 radical (unpaired) electrons. The zero-order valence-electron chi connectivity index (χ0n) is 19.5. The fraction of sp³-hybridized carbons (Fsp3) is 0.321. The lowest BCUT2D eigenvalue weighted by atomic mass is 10.0. The maximum atomic E-state index is 12.3. The normalized spacial score (nSPS) is 10.7. The van der Waals surface area contributed by atoms with Crippen LogP contribution in [0.5, 0.6) is 5.75 Å². The van der Waals surface area contributed by atoms with E-state index in [0.717, 1.165) is 40.6 Å². The molecule has 0 aliphatic carbocycles. The molecule has 33 heavy (non-hydrogen) atoms. The van der Waals surface area contributed by atoms with E-state index in [2.05, 4.69) is 60.2 Å². The Bertz CT molecular complexity index is 988. The number of amides is 1. The van der Waals surface area contributed by atoms with Crippen LogP contribution in [-0.2, 0) is 11.5 Å². The van der Waals surface area contributed by atoms with Gasteiger partial charge in [0.2, 0.25) is 0 Å². The summed E-state index contributed by atoms with van der Waals surface area (Å²) in [5, 5.41) is 0. The van der Waals surface area contributed by atoms with Gasteiger partial charge in [-0.3, -0.25) is 9.52 Å². The van der Waals surface area contributed by atoms with Crippen molar-refractivity contribution in [2.45, 2.75) is 44.1 Å². The van der Waals surface area contributed by atoms with E-state index in [9.17, 15) is 4.79 Å². The molecule has 0 bridgehead atoms. The van der Waals surface area contributed by atoms with Crippen LogP contribution in [0.3, 0.4) is 0 Å². The number of thioether (sulfide) groups is 1. The first-order valence-electron chi connectivity index (χ1n) is 11.5. The first kappa shape index (κ1) is 25.3. The van der Waals surface area contributed by atoms with Crippen LogP contribution in [0.15, 0.2) is 72.8 Å². The van der Waals surface area contributed by atoms with Crippen LogP contribution in [0.25, 0.3) is 11.1 Å². The fourth-order valence-electron chi connectivity index (χ4n) is 3.41. The average molecular weight is 480 g/mol. The number of hydrogen-bond donors (Lipinski definition) is 1. The Balaban J connectivity index is 1.41. The second-order valence-corrected chi connectivity index (χ2v) is 9.85. The second-order valence-electron chi connectivity index (χ2n) is 7.96. The van der Waals surface area contributed by atoms with Gasteiger partial charge in [0.1, 0.15) is 5.75 Å². The number of benzene rings is 3. The van der Waals surface area contributed by atoms with Gasteiger partial charge in [0.25, 0.3) is 5.91 Å². The molecule has 0 saturated carbocycles. The Labute approximate surface area is 206 Å². The average Bonchev–Trinajstić information content (AvgIpc) is 2.87. The topological polar surface area (TPSA) is 38.3 Å². The Kier molecular flexibility index (Phi) is 10.7. The third-order valence-corrected chi connectivity index (χ3v) is 7.27. The van der Waals surface area contributed by atoms with E-state index >= 15 is 0 Å². The van der Waals surface area contributed by atoms with E-state index in [4.69, 9.17) is 4.74 Å². The van der Waals surface area contributed by atoms with Crippen LogP contribution < -0.4 is 9.46 Å². The van der Waals surface area contributed by atoms with E-state index < -0.39 is 0 Å². The first-order valence-corrected chi connectivity index (χ1v) is 13.7. The molecule has 3 rings (SSSR count). The minimum atomic E-state index is -0.00850. The molecule has 0 spiro atoms. The third-order valence-electron chi connectivity index (χ3n) is 5.38. The molecule has 0 aliphatic heterocycles. The van der Waals surface area contributed by atoms with Crippen molar-refractivity contribution in [3.05, 3.63) is 89.5 Å². The van der Waals surface area contributed by atoms with Gasteiger partial charge in [0.15, 0.2) is 0 Å². The smallest absolute Gasteiger partial charge is 0.261 e. The van der Waals surface area contributed by atoms with Crippen LogP contribution in [0.1, 0.15) is 54.1 Å². The SMILES string of the molecule is CCCCCCSNC(=O)c1ccc(CSCc2ccc(-c3cccc(OC)c3)cc2)cc1. The highest BCUT2D eigenvalue weighted by molar-refractivity contribution is 7.98. The molecule has 0 unspecified atom stereocenters. The highest BCUT2D eigenvalue weighted by atomic mass is 32.2. The van der Waals surface area contributed by atoms with Gasteiger partial charge >= 0.3 is 0 Å². The van der Waals surface area contributed by atoms with Gasteiger partial charge in [-0.25, -0.2) is 0 Å². The van der Waals surface area contributed by atoms with E-state index in [1.54, 1.807) is 7.11 Å². The summed E-state index contributed by atoms with van der Waals surface area (Å²) in [6.45, 7) is 2.21. The molecule has 0 fully saturated rings. The molecule has 3 nitrogen and oxygen atoms in total. The molecule has 1 N–H and O–H groups in total. The zero-order valence-corrected chi connectivity index (χ0v) is 21.1. The number of carbonyl (C=O) groups excluding carboxylic acids is 1. The van der Waals surface area contributed by atoms with Crippen molar-refractivity contribution in [1.82, 2.24) is 4.72 Å². The molecule has 0 saturated heterocycles. The molecule has 0 atom stereocenters. The lowest BCUT2D eigenvalue weighted by Gasteiger charge is -2.07. The third kappa shape index (κ3) is 8.49. The lowest BCUT2D eigenvalue weighted by molar-refractivity contribution is 0.0984. The van der Waals surface area contributed by atoms with Gasteiger partial charge in [0, 0.05) is 22.8 Å². The predicted octanol–water partition coefficient (Wildman–Crippen LogP) is 7.75. The van der Waals surface area contributed by atoms with Crippen molar-refractivity contribution in [2.75, 3.05) is 12.9 Å². The Hall–Kier alpha value is -2.37. The molecular weight excluding hydrogens is 446 g/mol. The molecule has 3 aromatic carbocycles. The van der Waals surface area contributed by atoms with Crippen LogP contribution >= 0.6 is 23.7 Å². The van der Waals surface area contributed by atoms with Crippen molar-refractivity contribution in [1.29, 1.82) is 0 Å². The molecule has 5 heteroatoms. The van der Waals surface area contributed by atoms with E-state index in [1.165, 1.54) is 47.9 Å². The number of unbranched alkanes of at least 4 members (excludes halogenated alkanes) is 3. The minimum absolute atomic E-state index is 0.00850. The number of carbonyl (C=O) groups is 1. The molecular formula is C28H33NO2S2.